The molecule has 6 heteroatoms. The van der Waals surface area contributed by atoms with Crippen LogP contribution < -0.4 is 5.32 Å². The van der Waals surface area contributed by atoms with Crippen molar-refractivity contribution >= 4 is 5.91 Å². The molecule has 2 fully saturated rings. The summed E-state index contributed by atoms with van der Waals surface area (Å²) in [6, 6.07) is 6.09. The van der Waals surface area contributed by atoms with E-state index in [1.807, 2.05) is 30.0 Å². The molecular weight excluding hydrogens is 342 g/mol. The fraction of sp³-hybridized carbons (Fsp3) is 0.714. The second-order valence-corrected chi connectivity index (χ2v) is 7.59. The summed E-state index contributed by atoms with van der Waals surface area (Å²) in [4.78, 5) is 19.7. The quantitative estimate of drug-likeness (QED) is 0.793. The predicted octanol–water partition coefficient (Wildman–Crippen LogP) is 2.53. The van der Waals surface area contributed by atoms with E-state index in [0.717, 1.165) is 57.5 Å². The van der Waals surface area contributed by atoms with Crippen molar-refractivity contribution in [1.82, 2.24) is 15.2 Å². The van der Waals surface area contributed by atoms with Crippen LogP contribution in [0.2, 0.25) is 0 Å². The minimum atomic E-state index is -0.463. The van der Waals surface area contributed by atoms with Crippen molar-refractivity contribution < 1.29 is 14.3 Å². The normalized spacial score (nSPS) is 24.8. The summed E-state index contributed by atoms with van der Waals surface area (Å²) in [5, 5.41) is 3.43. The molecule has 3 heterocycles. The summed E-state index contributed by atoms with van der Waals surface area (Å²) < 4.78 is 11.7. The third-order valence-electron chi connectivity index (χ3n) is 5.48. The van der Waals surface area contributed by atoms with Gasteiger partial charge in [-0.3, -0.25) is 9.78 Å². The maximum Gasteiger partial charge on any atom is 0.252 e. The first-order valence-electron chi connectivity index (χ1n) is 10.4. The van der Waals surface area contributed by atoms with Crippen LogP contribution in [0.5, 0.6) is 0 Å². The molecule has 0 saturated carbocycles. The average Bonchev–Trinajstić information content (AvgIpc) is 3.00. The molecule has 3 rings (SSSR count). The Labute approximate surface area is 162 Å². The zero-order valence-corrected chi connectivity index (χ0v) is 16.4. The molecule has 0 aromatic carbocycles. The molecular formula is C21H33N3O3. The van der Waals surface area contributed by atoms with Gasteiger partial charge in [-0.05, 0) is 70.7 Å². The van der Waals surface area contributed by atoms with E-state index in [0.29, 0.717) is 13.2 Å². The van der Waals surface area contributed by atoms with Crippen molar-refractivity contribution in [2.45, 2.75) is 70.2 Å². The van der Waals surface area contributed by atoms with E-state index in [1.165, 1.54) is 6.42 Å². The molecule has 3 unspecified atom stereocenters. The number of hydrogen-bond acceptors (Lipinski definition) is 5. The van der Waals surface area contributed by atoms with Gasteiger partial charge < -0.3 is 19.7 Å². The topological polar surface area (TPSA) is 63.7 Å². The summed E-state index contributed by atoms with van der Waals surface area (Å²) in [5.41, 5.74) is 0.922. The number of amides is 1. The zero-order chi connectivity index (χ0) is 18.9. The molecule has 2 aliphatic rings. The van der Waals surface area contributed by atoms with E-state index < -0.39 is 6.10 Å². The first-order valence-corrected chi connectivity index (χ1v) is 10.4. The Morgan fingerprint density at radius 3 is 3.00 bits per heavy atom. The Hall–Kier alpha value is -1.50. The third kappa shape index (κ3) is 6.26. The smallest absolute Gasteiger partial charge is 0.252 e. The van der Waals surface area contributed by atoms with Gasteiger partial charge in [0.25, 0.3) is 5.91 Å². The summed E-state index contributed by atoms with van der Waals surface area (Å²) >= 11 is 0. The molecule has 1 N–H and O–H groups in total. The van der Waals surface area contributed by atoms with Gasteiger partial charge in [0.1, 0.15) is 6.10 Å². The number of carbonyl (C=O) groups excluding carboxylic acids is 1. The van der Waals surface area contributed by atoms with Gasteiger partial charge >= 0.3 is 0 Å². The predicted molar refractivity (Wildman–Crippen MR) is 104 cm³/mol. The maximum absolute atomic E-state index is 13.2. The Kier molecular flexibility index (Phi) is 8.05. The lowest BCUT2D eigenvalue weighted by Gasteiger charge is -2.33. The Bertz CT molecular complexity index is 555. The van der Waals surface area contributed by atoms with Crippen molar-refractivity contribution in [2.24, 2.45) is 0 Å². The highest BCUT2D eigenvalue weighted by Crippen LogP contribution is 2.19. The number of pyridine rings is 1. The summed E-state index contributed by atoms with van der Waals surface area (Å²) in [7, 11) is 0. The summed E-state index contributed by atoms with van der Waals surface area (Å²) in [5.74, 6) is 0.0587. The molecule has 1 aromatic heterocycles. The first-order chi connectivity index (χ1) is 13.2. The fourth-order valence-electron chi connectivity index (χ4n) is 3.86. The van der Waals surface area contributed by atoms with Gasteiger partial charge in [0.15, 0.2) is 0 Å². The lowest BCUT2D eigenvalue weighted by molar-refractivity contribution is -0.149. The Morgan fingerprint density at radius 1 is 1.30 bits per heavy atom. The molecule has 2 aliphatic heterocycles. The molecule has 150 valence electrons. The second-order valence-electron chi connectivity index (χ2n) is 7.59. The molecule has 0 bridgehead atoms. The van der Waals surface area contributed by atoms with Gasteiger partial charge in [-0.15, -0.1) is 0 Å². The molecule has 1 amide bonds. The van der Waals surface area contributed by atoms with Gasteiger partial charge in [-0.2, -0.15) is 0 Å². The molecule has 3 atom stereocenters. The molecule has 0 aliphatic carbocycles. The monoisotopic (exact) mass is 375 g/mol. The van der Waals surface area contributed by atoms with Gasteiger partial charge in [-0.1, -0.05) is 6.07 Å². The van der Waals surface area contributed by atoms with E-state index in [4.69, 9.17) is 9.47 Å². The number of hydrogen-bond donors (Lipinski definition) is 1. The highest BCUT2D eigenvalue weighted by atomic mass is 16.5. The van der Waals surface area contributed by atoms with Crippen LogP contribution in [0.4, 0.5) is 0 Å². The van der Waals surface area contributed by atoms with Crippen molar-refractivity contribution in [3.8, 4) is 0 Å². The highest BCUT2D eigenvalue weighted by molar-refractivity contribution is 5.80. The van der Waals surface area contributed by atoms with Crippen LogP contribution in [0, 0.1) is 0 Å². The summed E-state index contributed by atoms with van der Waals surface area (Å²) in [6.45, 7) is 5.67. The van der Waals surface area contributed by atoms with Crippen LogP contribution in [-0.2, 0) is 20.8 Å². The van der Waals surface area contributed by atoms with Crippen LogP contribution >= 0.6 is 0 Å². The van der Waals surface area contributed by atoms with Crippen LogP contribution in [0.25, 0.3) is 0 Å². The molecule has 0 radical (unpaired) electrons. The number of carbonyl (C=O) groups is 1. The number of rotatable bonds is 7. The van der Waals surface area contributed by atoms with Crippen LogP contribution in [0.1, 0.15) is 51.1 Å². The van der Waals surface area contributed by atoms with E-state index in [1.54, 1.807) is 6.20 Å². The molecule has 2 saturated heterocycles. The largest absolute Gasteiger partial charge is 0.376 e. The zero-order valence-electron chi connectivity index (χ0n) is 16.4. The Balaban J connectivity index is 1.63. The lowest BCUT2D eigenvalue weighted by Crippen LogP contribution is -2.46. The van der Waals surface area contributed by atoms with Crippen LogP contribution in [0.3, 0.4) is 0 Å². The fourth-order valence-corrected chi connectivity index (χ4v) is 3.86. The van der Waals surface area contributed by atoms with E-state index >= 15 is 0 Å². The van der Waals surface area contributed by atoms with Gasteiger partial charge in [0.2, 0.25) is 0 Å². The van der Waals surface area contributed by atoms with Crippen molar-refractivity contribution in [1.29, 1.82) is 0 Å². The maximum atomic E-state index is 13.2. The van der Waals surface area contributed by atoms with Gasteiger partial charge in [-0.25, -0.2) is 0 Å². The van der Waals surface area contributed by atoms with Gasteiger partial charge in [0, 0.05) is 18.8 Å². The Morgan fingerprint density at radius 2 is 2.22 bits per heavy atom. The van der Waals surface area contributed by atoms with Crippen LogP contribution in [0.15, 0.2) is 24.4 Å². The molecule has 6 nitrogen and oxygen atoms in total. The summed E-state index contributed by atoms with van der Waals surface area (Å²) in [6.07, 6.45) is 7.84. The minimum absolute atomic E-state index is 0.0587. The number of nitrogens with zero attached hydrogens (tertiary/aromatic N) is 2. The molecule has 0 spiro atoms. The second kappa shape index (κ2) is 10.7. The van der Waals surface area contributed by atoms with Crippen molar-refractivity contribution in [3.05, 3.63) is 30.1 Å². The third-order valence-corrected chi connectivity index (χ3v) is 5.48. The molecule has 1 aromatic rings. The minimum Gasteiger partial charge on any atom is -0.376 e. The highest BCUT2D eigenvalue weighted by Gasteiger charge is 2.29. The van der Waals surface area contributed by atoms with E-state index in [2.05, 4.69) is 10.3 Å². The van der Waals surface area contributed by atoms with E-state index in [9.17, 15) is 4.79 Å². The van der Waals surface area contributed by atoms with Crippen LogP contribution in [-0.4, -0.2) is 60.3 Å². The SMILES string of the molecule is CC(OCC1CCCCO1)C(=O)N(Cc1ccccn1)C1CCCNCC1. The molecule has 27 heavy (non-hydrogen) atoms. The number of ether oxygens (including phenoxy) is 2. The average molecular weight is 376 g/mol. The first kappa shape index (κ1) is 20.2. The standard InChI is InChI=1S/C21H33N3O3/c1-17(27-16-20-9-3-5-14-26-20)21(25)24(15-18-7-2-4-12-23-18)19-8-6-11-22-13-10-19/h2,4,7,12,17,19-20,22H,3,5-6,8-11,13-16H2,1H3. The number of nitrogens with one attached hydrogen (secondary N) is 1. The van der Waals surface area contributed by atoms with Gasteiger partial charge in [0.05, 0.1) is 24.9 Å². The number of aromatic nitrogens is 1. The van der Waals surface area contributed by atoms with Crippen molar-refractivity contribution in [2.75, 3.05) is 26.3 Å². The van der Waals surface area contributed by atoms with Crippen molar-refractivity contribution in [3.63, 3.8) is 0 Å². The lowest BCUT2D eigenvalue weighted by atomic mass is 10.1. The van der Waals surface area contributed by atoms with E-state index in [-0.39, 0.29) is 18.1 Å².